The number of benzene rings is 1. The van der Waals surface area contributed by atoms with Crippen molar-refractivity contribution in [3.05, 3.63) is 47.2 Å². The summed E-state index contributed by atoms with van der Waals surface area (Å²) in [6.07, 6.45) is 4.48. The zero-order chi connectivity index (χ0) is 31.3. The molecule has 6 heteroatoms. The van der Waals surface area contributed by atoms with Crippen molar-refractivity contribution in [3.63, 3.8) is 0 Å². The molecule has 40 heavy (non-hydrogen) atoms. The van der Waals surface area contributed by atoms with Gasteiger partial charge in [-0.3, -0.25) is 0 Å². The minimum atomic E-state index is 0.473. The Morgan fingerprint density at radius 3 is 2.05 bits per heavy atom. The minimum absolute atomic E-state index is 0.473. The van der Waals surface area contributed by atoms with Gasteiger partial charge in [-0.05, 0) is 56.2 Å². The summed E-state index contributed by atoms with van der Waals surface area (Å²) in [6, 6.07) is 8.40. The molecule has 1 aromatic heterocycles. The summed E-state index contributed by atoms with van der Waals surface area (Å²) < 4.78 is 0. The van der Waals surface area contributed by atoms with E-state index in [0.29, 0.717) is 28.4 Å². The maximum absolute atomic E-state index is 9.73. The predicted molar refractivity (Wildman–Crippen MR) is 179 cm³/mol. The molecule has 0 aliphatic heterocycles. The lowest BCUT2D eigenvalue weighted by Gasteiger charge is -2.23. The number of nitrogens with one attached hydrogen (secondary N) is 2. The Morgan fingerprint density at radius 2 is 1.57 bits per heavy atom. The smallest absolute Gasteiger partial charge is 0.227 e. The quantitative estimate of drug-likeness (QED) is 0.289. The van der Waals surface area contributed by atoms with Gasteiger partial charge in [0, 0.05) is 31.0 Å². The molecule has 0 amide bonds. The molecule has 0 aliphatic carbocycles. The molecule has 1 aromatic carbocycles. The van der Waals surface area contributed by atoms with E-state index in [1.54, 1.807) is 0 Å². The Balaban J connectivity index is 0. The fraction of sp³-hybridized carbons (Fsp3) is 0.618. The van der Waals surface area contributed by atoms with E-state index in [2.05, 4.69) is 74.7 Å². The lowest BCUT2D eigenvalue weighted by Crippen LogP contribution is -2.28. The monoisotopic (exact) mass is 552 g/mol. The summed E-state index contributed by atoms with van der Waals surface area (Å²) in [6.45, 7) is 33.9. The first-order chi connectivity index (χ1) is 19.0. The zero-order valence-corrected chi connectivity index (χ0v) is 28.2. The highest BCUT2D eigenvalue weighted by Crippen LogP contribution is 2.27. The first-order valence-corrected chi connectivity index (χ1v) is 15.4. The molecule has 226 valence electrons. The molecule has 0 bridgehead atoms. The molecule has 0 spiro atoms. The number of hydrogen-bond acceptors (Lipinski definition) is 6. The van der Waals surface area contributed by atoms with Gasteiger partial charge < -0.3 is 15.5 Å². The number of aromatic nitrogens is 2. The molecular formula is C34H60N6. The van der Waals surface area contributed by atoms with Crippen LogP contribution in [0.4, 0.5) is 17.5 Å². The van der Waals surface area contributed by atoms with Crippen LogP contribution in [0.2, 0.25) is 0 Å². The van der Waals surface area contributed by atoms with E-state index in [0.717, 1.165) is 61.4 Å². The van der Waals surface area contributed by atoms with Gasteiger partial charge in [0.15, 0.2) is 5.82 Å². The number of rotatable bonds is 11. The first kappa shape index (κ1) is 39.1. The van der Waals surface area contributed by atoms with Gasteiger partial charge in [-0.15, -0.1) is 0 Å². The third-order valence-electron chi connectivity index (χ3n) is 6.04. The van der Waals surface area contributed by atoms with E-state index in [1.807, 2.05) is 66.7 Å². The molecular weight excluding hydrogens is 492 g/mol. The van der Waals surface area contributed by atoms with Crippen LogP contribution < -0.4 is 15.5 Å². The Kier molecular flexibility index (Phi) is 21.2. The number of nitriles is 1. The Morgan fingerprint density at radius 1 is 0.975 bits per heavy atom. The van der Waals surface area contributed by atoms with Crippen LogP contribution in [-0.4, -0.2) is 29.6 Å². The highest BCUT2D eigenvalue weighted by Gasteiger charge is 2.17. The van der Waals surface area contributed by atoms with Crippen molar-refractivity contribution in [1.29, 1.82) is 5.26 Å². The molecule has 0 radical (unpaired) electrons. The van der Waals surface area contributed by atoms with Gasteiger partial charge in [0.25, 0.3) is 0 Å². The third kappa shape index (κ3) is 14.4. The molecule has 0 aliphatic rings. The lowest BCUT2D eigenvalue weighted by molar-refractivity contribution is 0.398. The second kappa shape index (κ2) is 21.7. The van der Waals surface area contributed by atoms with Crippen LogP contribution in [-0.2, 0) is 0 Å². The number of hydrogen-bond donors (Lipinski definition) is 2. The van der Waals surface area contributed by atoms with Crippen molar-refractivity contribution in [1.82, 2.24) is 15.3 Å². The average molecular weight is 553 g/mol. The van der Waals surface area contributed by atoms with Crippen molar-refractivity contribution in [3.8, 4) is 6.07 Å². The molecule has 0 fully saturated rings. The molecule has 2 aromatic rings. The summed E-state index contributed by atoms with van der Waals surface area (Å²) in [4.78, 5) is 11.6. The SMILES string of the molecule is C=C(NCC)c1ccc(C)c(Nc2nc(N(CCC)CCCC)nc(C)c2C#N)c1.CC.CC.CCC(C)(C)C. The normalized spacial score (nSPS) is 9.90. The molecule has 0 saturated carbocycles. The summed E-state index contributed by atoms with van der Waals surface area (Å²) in [7, 11) is 0. The highest BCUT2D eigenvalue weighted by atomic mass is 15.3. The van der Waals surface area contributed by atoms with Crippen molar-refractivity contribution in [2.45, 2.75) is 116 Å². The van der Waals surface area contributed by atoms with Crippen LogP contribution in [0.15, 0.2) is 24.8 Å². The maximum atomic E-state index is 9.73. The fourth-order valence-electron chi connectivity index (χ4n) is 3.24. The maximum Gasteiger partial charge on any atom is 0.227 e. The lowest BCUT2D eigenvalue weighted by atomic mass is 9.94. The Bertz CT molecular complexity index is 1010. The molecule has 0 saturated heterocycles. The summed E-state index contributed by atoms with van der Waals surface area (Å²) >= 11 is 0. The topological polar surface area (TPSA) is 76.9 Å². The molecule has 6 nitrogen and oxygen atoms in total. The molecule has 0 atom stereocenters. The van der Waals surface area contributed by atoms with Gasteiger partial charge in [0.1, 0.15) is 11.6 Å². The van der Waals surface area contributed by atoms with Crippen LogP contribution in [0.5, 0.6) is 0 Å². The van der Waals surface area contributed by atoms with Gasteiger partial charge in [-0.1, -0.05) is 101 Å². The second-order valence-corrected chi connectivity index (χ2v) is 10.4. The van der Waals surface area contributed by atoms with Gasteiger partial charge >= 0.3 is 0 Å². The summed E-state index contributed by atoms with van der Waals surface area (Å²) in [5.41, 5.74) is 5.55. The standard InChI is InChI=1S/C24H34N6.C6H14.2C2H6/c1-7-10-14-30(13-8-2)24-27-19(6)21(16-25)23(29-24)28-22-15-20(12-11-17(22)4)18(5)26-9-3;1-5-6(2,3)4;2*1-2/h11-12,15,26H,5,7-10,13-14H2,1-4,6H3,(H,27,28,29);5H2,1-4H3;2*1-2H3. The van der Waals surface area contributed by atoms with Gasteiger partial charge in [-0.2, -0.15) is 10.2 Å². The second-order valence-electron chi connectivity index (χ2n) is 10.4. The van der Waals surface area contributed by atoms with Crippen LogP contribution in [0.25, 0.3) is 5.70 Å². The predicted octanol–water partition coefficient (Wildman–Crippen LogP) is 9.80. The van der Waals surface area contributed by atoms with E-state index < -0.39 is 0 Å². The van der Waals surface area contributed by atoms with E-state index in [4.69, 9.17) is 4.98 Å². The summed E-state index contributed by atoms with van der Waals surface area (Å²) in [5, 5.41) is 16.4. The largest absolute Gasteiger partial charge is 0.385 e. The van der Waals surface area contributed by atoms with E-state index >= 15 is 0 Å². The summed E-state index contributed by atoms with van der Waals surface area (Å²) in [5.74, 6) is 1.22. The van der Waals surface area contributed by atoms with Crippen molar-refractivity contribution < 1.29 is 0 Å². The van der Waals surface area contributed by atoms with Crippen molar-refractivity contribution >= 4 is 23.2 Å². The fourth-order valence-corrected chi connectivity index (χ4v) is 3.24. The van der Waals surface area contributed by atoms with Crippen LogP contribution in [0, 0.1) is 30.6 Å². The number of unbranched alkanes of at least 4 members (excludes halogenated alkanes) is 1. The zero-order valence-electron chi connectivity index (χ0n) is 28.2. The van der Waals surface area contributed by atoms with Crippen LogP contribution >= 0.6 is 0 Å². The van der Waals surface area contributed by atoms with E-state index in [1.165, 1.54) is 6.42 Å². The Labute approximate surface area is 247 Å². The Hall–Kier alpha value is -3.07. The van der Waals surface area contributed by atoms with Crippen molar-refractivity contribution in [2.24, 2.45) is 5.41 Å². The van der Waals surface area contributed by atoms with Gasteiger partial charge in [0.2, 0.25) is 5.95 Å². The minimum Gasteiger partial charge on any atom is -0.385 e. The number of anilines is 3. The average Bonchev–Trinajstić information content (AvgIpc) is 2.94. The number of nitrogens with zero attached hydrogens (tertiary/aromatic N) is 4. The van der Waals surface area contributed by atoms with Crippen LogP contribution in [0.1, 0.15) is 124 Å². The number of aryl methyl sites for hydroxylation is 2. The highest BCUT2D eigenvalue weighted by molar-refractivity contribution is 5.72. The van der Waals surface area contributed by atoms with Gasteiger partial charge in [-0.25, -0.2) is 4.98 Å². The molecule has 2 rings (SSSR count). The third-order valence-corrected chi connectivity index (χ3v) is 6.04. The van der Waals surface area contributed by atoms with E-state index in [-0.39, 0.29) is 0 Å². The van der Waals surface area contributed by atoms with Crippen molar-refractivity contribution in [2.75, 3.05) is 29.9 Å². The molecule has 0 unspecified atom stereocenters. The van der Waals surface area contributed by atoms with Gasteiger partial charge in [0.05, 0.1) is 5.69 Å². The van der Waals surface area contributed by atoms with Crippen LogP contribution in [0.3, 0.4) is 0 Å². The van der Waals surface area contributed by atoms with E-state index in [9.17, 15) is 5.26 Å². The first-order valence-electron chi connectivity index (χ1n) is 15.4. The molecule has 2 N–H and O–H groups in total. The molecule has 1 heterocycles.